The average Bonchev–Trinajstić information content (AvgIpc) is 2.44. The Hall–Kier alpha value is -0.570. The van der Waals surface area contributed by atoms with Gasteiger partial charge in [-0.15, -0.1) is 0 Å². The Bertz CT molecular complexity index is 365. The van der Waals surface area contributed by atoms with Crippen LogP contribution in [0.25, 0.3) is 0 Å². The van der Waals surface area contributed by atoms with Gasteiger partial charge in [-0.25, -0.2) is 0 Å². The van der Waals surface area contributed by atoms with Gasteiger partial charge in [0.1, 0.15) is 0 Å². The van der Waals surface area contributed by atoms with E-state index < -0.39 is 0 Å². The molecule has 118 valence electrons. The highest BCUT2D eigenvalue weighted by Crippen LogP contribution is 2.55. The van der Waals surface area contributed by atoms with Crippen LogP contribution in [0.1, 0.15) is 70.6 Å². The van der Waals surface area contributed by atoms with E-state index in [2.05, 4.69) is 10.6 Å². The zero-order chi connectivity index (χ0) is 14.3. The van der Waals surface area contributed by atoms with Crippen LogP contribution in [-0.4, -0.2) is 24.0 Å². The van der Waals surface area contributed by atoms with Crippen molar-refractivity contribution in [1.82, 2.24) is 10.6 Å². The van der Waals surface area contributed by atoms with Gasteiger partial charge in [0.2, 0.25) is 5.91 Å². The van der Waals surface area contributed by atoms with E-state index in [1.54, 1.807) is 0 Å². The molecule has 0 spiro atoms. The molecule has 4 aliphatic carbocycles. The molecule has 5 rings (SSSR count). The minimum atomic E-state index is 0.200. The van der Waals surface area contributed by atoms with Crippen molar-refractivity contribution >= 4 is 5.91 Å². The maximum Gasteiger partial charge on any atom is 0.220 e. The Labute approximate surface area is 128 Å². The van der Waals surface area contributed by atoms with E-state index in [1.807, 2.05) is 0 Å². The van der Waals surface area contributed by atoms with Crippen molar-refractivity contribution in [3.63, 3.8) is 0 Å². The molecular weight excluding hydrogens is 260 g/mol. The molecule has 5 fully saturated rings. The van der Waals surface area contributed by atoms with Crippen LogP contribution in [0, 0.1) is 17.8 Å². The van der Waals surface area contributed by atoms with E-state index in [0.717, 1.165) is 37.1 Å². The summed E-state index contributed by atoms with van der Waals surface area (Å²) < 4.78 is 0. The van der Waals surface area contributed by atoms with E-state index in [0.29, 0.717) is 11.9 Å². The number of rotatable bonds is 4. The summed E-state index contributed by atoms with van der Waals surface area (Å²) >= 11 is 0. The fraction of sp³-hybridized carbons (Fsp3) is 0.944. The lowest BCUT2D eigenvalue weighted by molar-refractivity contribution is -0.127. The molecule has 5 aliphatic rings. The zero-order valence-corrected chi connectivity index (χ0v) is 13.2. The van der Waals surface area contributed by atoms with Crippen LogP contribution in [0.15, 0.2) is 0 Å². The van der Waals surface area contributed by atoms with Crippen LogP contribution in [-0.2, 0) is 4.79 Å². The first-order valence-electron chi connectivity index (χ1n) is 9.25. The summed E-state index contributed by atoms with van der Waals surface area (Å²) in [5, 5.41) is 7.05. The lowest BCUT2D eigenvalue weighted by Gasteiger charge is -2.57. The fourth-order valence-electron chi connectivity index (χ4n) is 6.10. The third-order valence-electron chi connectivity index (χ3n) is 6.58. The molecule has 1 atom stereocenters. The first kappa shape index (κ1) is 14.0. The SMILES string of the molecule is O=C(CCC1CCCCN1)NC12CC3CC(CC(C3)C1)C2. The molecule has 21 heavy (non-hydrogen) atoms. The van der Waals surface area contributed by atoms with Crippen molar-refractivity contribution in [1.29, 1.82) is 0 Å². The van der Waals surface area contributed by atoms with Gasteiger partial charge in [-0.2, -0.15) is 0 Å². The minimum Gasteiger partial charge on any atom is -0.351 e. The van der Waals surface area contributed by atoms with Crippen LogP contribution in [0.4, 0.5) is 0 Å². The predicted octanol–water partition coefficient (Wildman–Crippen LogP) is 2.99. The smallest absolute Gasteiger partial charge is 0.220 e. The summed E-state index contributed by atoms with van der Waals surface area (Å²) in [7, 11) is 0. The van der Waals surface area contributed by atoms with Crippen LogP contribution < -0.4 is 10.6 Å². The molecule has 1 aliphatic heterocycles. The first-order chi connectivity index (χ1) is 10.2. The number of piperidine rings is 1. The Morgan fingerprint density at radius 1 is 1.05 bits per heavy atom. The van der Waals surface area contributed by atoms with Crippen molar-refractivity contribution in [3.05, 3.63) is 0 Å². The van der Waals surface area contributed by atoms with Gasteiger partial charge >= 0.3 is 0 Å². The van der Waals surface area contributed by atoms with Crippen molar-refractivity contribution < 1.29 is 4.79 Å². The number of nitrogens with one attached hydrogen (secondary N) is 2. The van der Waals surface area contributed by atoms with Crippen molar-refractivity contribution in [2.45, 2.75) is 82.2 Å². The molecule has 4 bridgehead atoms. The molecule has 1 saturated heterocycles. The number of amides is 1. The molecular formula is C18H30N2O. The summed E-state index contributed by atoms with van der Waals surface area (Å²) in [5.41, 5.74) is 0.200. The Kier molecular flexibility index (Phi) is 3.72. The molecule has 1 unspecified atom stereocenters. The van der Waals surface area contributed by atoms with Gasteiger partial charge < -0.3 is 10.6 Å². The second-order valence-corrected chi connectivity index (χ2v) is 8.43. The minimum absolute atomic E-state index is 0.200. The molecule has 1 amide bonds. The standard InChI is InChI=1S/C18H30N2O/c21-17(5-4-16-3-1-2-6-19-16)20-18-10-13-7-14(11-18)9-15(8-13)12-18/h13-16,19H,1-12H2,(H,20,21). The largest absolute Gasteiger partial charge is 0.351 e. The maximum absolute atomic E-state index is 12.4. The summed E-state index contributed by atoms with van der Waals surface area (Å²) in [5.74, 6) is 3.06. The van der Waals surface area contributed by atoms with Gasteiger partial charge in [0, 0.05) is 18.0 Å². The predicted molar refractivity (Wildman–Crippen MR) is 83.9 cm³/mol. The Morgan fingerprint density at radius 3 is 2.29 bits per heavy atom. The van der Waals surface area contributed by atoms with Crippen molar-refractivity contribution in [3.8, 4) is 0 Å². The average molecular weight is 290 g/mol. The molecule has 0 aromatic carbocycles. The highest BCUT2D eigenvalue weighted by atomic mass is 16.1. The van der Waals surface area contributed by atoms with E-state index >= 15 is 0 Å². The highest BCUT2D eigenvalue weighted by Gasteiger charge is 2.51. The molecule has 0 radical (unpaired) electrons. The maximum atomic E-state index is 12.4. The number of hydrogen-bond acceptors (Lipinski definition) is 2. The summed E-state index contributed by atoms with van der Waals surface area (Å²) in [6.07, 6.45) is 13.8. The molecule has 2 N–H and O–H groups in total. The molecule has 3 nitrogen and oxygen atoms in total. The van der Waals surface area contributed by atoms with Crippen molar-refractivity contribution in [2.24, 2.45) is 17.8 Å². The van der Waals surface area contributed by atoms with E-state index in [1.165, 1.54) is 57.8 Å². The van der Waals surface area contributed by atoms with E-state index in [-0.39, 0.29) is 5.54 Å². The highest BCUT2D eigenvalue weighted by molar-refractivity contribution is 5.77. The lowest BCUT2D eigenvalue weighted by atomic mass is 9.53. The second-order valence-electron chi connectivity index (χ2n) is 8.43. The van der Waals surface area contributed by atoms with Crippen LogP contribution in [0.3, 0.4) is 0 Å². The van der Waals surface area contributed by atoms with Crippen LogP contribution in [0.2, 0.25) is 0 Å². The topological polar surface area (TPSA) is 41.1 Å². The molecule has 4 saturated carbocycles. The third-order valence-corrected chi connectivity index (χ3v) is 6.58. The van der Waals surface area contributed by atoms with Gasteiger partial charge in [-0.1, -0.05) is 6.42 Å². The third kappa shape index (κ3) is 2.99. The number of hydrogen-bond donors (Lipinski definition) is 2. The number of carbonyl (C=O) groups excluding carboxylic acids is 1. The molecule has 3 heteroatoms. The monoisotopic (exact) mass is 290 g/mol. The van der Waals surface area contributed by atoms with Gasteiger partial charge in [-0.05, 0) is 82.1 Å². The normalized spacial score (nSPS) is 44.8. The summed E-state index contributed by atoms with van der Waals surface area (Å²) in [6.45, 7) is 1.14. The van der Waals surface area contributed by atoms with Crippen molar-refractivity contribution in [2.75, 3.05) is 6.54 Å². The van der Waals surface area contributed by atoms with Crippen LogP contribution in [0.5, 0.6) is 0 Å². The van der Waals surface area contributed by atoms with Gasteiger partial charge in [-0.3, -0.25) is 4.79 Å². The molecule has 1 heterocycles. The van der Waals surface area contributed by atoms with Crippen LogP contribution >= 0.6 is 0 Å². The Morgan fingerprint density at radius 2 is 1.71 bits per heavy atom. The zero-order valence-electron chi connectivity index (χ0n) is 13.2. The summed E-state index contributed by atoms with van der Waals surface area (Å²) in [4.78, 5) is 12.4. The lowest BCUT2D eigenvalue weighted by Crippen LogP contribution is -2.59. The second kappa shape index (κ2) is 5.57. The fourth-order valence-corrected chi connectivity index (χ4v) is 6.10. The summed E-state index contributed by atoms with van der Waals surface area (Å²) in [6, 6.07) is 0.584. The number of carbonyl (C=O) groups is 1. The first-order valence-corrected chi connectivity index (χ1v) is 9.25. The quantitative estimate of drug-likeness (QED) is 0.835. The molecule has 0 aromatic heterocycles. The van der Waals surface area contributed by atoms with E-state index in [9.17, 15) is 4.79 Å². The Balaban J connectivity index is 1.30. The molecule has 0 aromatic rings. The van der Waals surface area contributed by atoms with Gasteiger partial charge in [0.15, 0.2) is 0 Å². The van der Waals surface area contributed by atoms with E-state index in [4.69, 9.17) is 0 Å². The van der Waals surface area contributed by atoms with Gasteiger partial charge in [0.05, 0.1) is 0 Å². The van der Waals surface area contributed by atoms with Gasteiger partial charge in [0.25, 0.3) is 0 Å².